The molecule has 10 nitrogen and oxygen atoms in total. The molecule has 5 rings (SSSR count). The van der Waals surface area contributed by atoms with Crippen LogP contribution in [0.4, 0.5) is 0 Å². The van der Waals surface area contributed by atoms with Crippen molar-refractivity contribution in [3.05, 3.63) is 65.3 Å². The predicted octanol–water partition coefficient (Wildman–Crippen LogP) is 8.05. The van der Waals surface area contributed by atoms with E-state index in [4.69, 9.17) is 37.9 Å². The highest BCUT2D eigenvalue weighted by Crippen LogP contribution is 2.32. The molecule has 0 radical (unpaired) electrons. The number of hydrogen-bond acceptors (Lipinski definition) is 14. The number of rotatable bonds is 4. The molecule has 0 atom stereocenters. The fourth-order valence-electron chi connectivity index (χ4n) is 5.65. The summed E-state index contributed by atoms with van der Waals surface area (Å²) in [6, 6.07) is 8.22. The van der Waals surface area contributed by atoms with E-state index in [1.54, 1.807) is 45.3 Å². The highest BCUT2D eigenvalue weighted by molar-refractivity contribution is 7.11. The van der Waals surface area contributed by atoms with Gasteiger partial charge in [0.05, 0.1) is 72.4 Å². The molecule has 0 amide bonds. The van der Waals surface area contributed by atoms with Crippen LogP contribution in [0.25, 0.3) is 0 Å². The molecule has 5 heterocycles. The van der Waals surface area contributed by atoms with Gasteiger partial charge in [-0.1, -0.05) is 13.8 Å². The summed E-state index contributed by atoms with van der Waals surface area (Å²) >= 11 is 6.93. The second-order valence-electron chi connectivity index (χ2n) is 12.1. The SMILES string of the molecule is CCCN1Cc2sccc2OCCOCCOCCOc2ccsc2CN(CCC)Cc2sccc2OCCOCCOCCOc2ccsc2C1. The smallest absolute Gasteiger partial charge is 0.134 e. The molecule has 0 spiro atoms. The first-order valence-corrected chi connectivity index (χ1v) is 21.8. The van der Waals surface area contributed by atoms with Crippen molar-refractivity contribution in [3.8, 4) is 23.0 Å². The van der Waals surface area contributed by atoms with Crippen LogP contribution in [0, 0.1) is 0 Å². The second-order valence-corrected chi connectivity index (χ2v) is 16.1. The highest BCUT2D eigenvalue weighted by Gasteiger charge is 2.17. The molecule has 52 heavy (non-hydrogen) atoms. The lowest BCUT2D eigenvalue weighted by atomic mass is 10.3. The number of hydrogen-bond donors (Lipinski definition) is 0. The Morgan fingerprint density at radius 3 is 0.904 bits per heavy atom. The molecule has 4 aromatic rings. The minimum Gasteiger partial charge on any atom is -0.490 e. The Kier molecular flexibility index (Phi) is 19.1. The first-order chi connectivity index (χ1) is 25.7. The van der Waals surface area contributed by atoms with Crippen molar-refractivity contribution in [1.29, 1.82) is 0 Å². The maximum atomic E-state index is 6.14. The summed E-state index contributed by atoms with van der Waals surface area (Å²) in [5, 5.41) is 8.39. The zero-order chi connectivity index (χ0) is 36.1. The van der Waals surface area contributed by atoms with E-state index in [-0.39, 0.29) is 0 Å². The van der Waals surface area contributed by atoms with Crippen molar-refractivity contribution < 1.29 is 37.9 Å². The summed E-state index contributed by atoms with van der Waals surface area (Å²) in [7, 11) is 0. The third-order valence-electron chi connectivity index (χ3n) is 8.05. The summed E-state index contributed by atoms with van der Waals surface area (Å²) in [4.78, 5) is 9.80. The largest absolute Gasteiger partial charge is 0.490 e. The van der Waals surface area contributed by atoms with Gasteiger partial charge in [-0.25, -0.2) is 0 Å². The first-order valence-electron chi connectivity index (χ1n) is 18.3. The zero-order valence-corrected chi connectivity index (χ0v) is 33.8. The molecule has 288 valence electrons. The first kappa shape index (κ1) is 40.9. The molecular weight excluding hydrogens is 741 g/mol. The van der Waals surface area contributed by atoms with Crippen LogP contribution >= 0.6 is 45.3 Å². The summed E-state index contributed by atoms with van der Waals surface area (Å²) in [6.07, 6.45) is 2.13. The molecule has 1 aliphatic heterocycles. The van der Waals surface area contributed by atoms with E-state index >= 15 is 0 Å². The van der Waals surface area contributed by atoms with Crippen LogP contribution < -0.4 is 18.9 Å². The van der Waals surface area contributed by atoms with Crippen molar-refractivity contribution in [1.82, 2.24) is 9.80 Å². The van der Waals surface area contributed by atoms with Gasteiger partial charge in [-0.3, -0.25) is 9.80 Å². The Balaban J connectivity index is 1.14. The molecule has 1 aliphatic rings. The predicted molar refractivity (Wildman–Crippen MR) is 211 cm³/mol. The molecule has 0 bridgehead atoms. The van der Waals surface area contributed by atoms with Crippen LogP contribution in [0.5, 0.6) is 23.0 Å². The van der Waals surface area contributed by atoms with E-state index in [0.29, 0.717) is 79.3 Å². The molecule has 0 aliphatic carbocycles. The number of fused-ring (bicyclic) bond motifs is 4. The maximum Gasteiger partial charge on any atom is 0.134 e. The van der Waals surface area contributed by atoms with Crippen molar-refractivity contribution in [2.24, 2.45) is 0 Å². The Bertz CT molecular complexity index is 1290. The highest BCUT2D eigenvalue weighted by atomic mass is 32.1. The summed E-state index contributed by atoms with van der Waals surface area (Å²) < 4.78 is 47.8. The van der Waals surface area contributed by atoms with E-state index in [2.05, 4.69) is 69.4 Å². The third-order valence-corrected chi connectivity index (χ3v) is 11.6. The monoisotopic (exact) mass is 794 g/mol. The molecule has 0 unspecified atom stereocenters. The Morgan fingerprint density at radius 2 is 0.654 bits per heavy atom. The zero-order valence-electron chi connectivity index (χ0n) is 30.6. The molecule has 4 aromatic heterocycles. The second kappa shape index (κ2) is 24.2. The Hall–Kier alpha value is -2.24. The minimum absolute atomic E-state index is 0.495. The summed E-state index contributed by atoms with van der Waals surface area (Å²) in [5.41, 5.74) is 0. The van der Waals surface area contributed by atoms with Crippen molar-refractivity contribution in [2.75, 3.05) is 92.4 Å². The Morgan fingerprint density at radius 1 is 0.404 bits per heavy atom. The number of nitrogens with zero attached hydrogens (tertiary/aromatic N) is 2. The van der Waals surface area contributed by atoms with Crippen LogP contribution in [0.15, 0.2) is 45.8 Å². The molecule has 14 heteroatoms. The van der Waals surface area contributed by atoms with Crippen LogP contribution in [-0.4, -0.2) is 102 Å². The van der Waals surface area contributed by atoms with Gasteiger partial charge in [0, 0.05) is 26.2 Å². The molecule has 0 saturated carbocycles. The van der Waals surface area contributed by atoms with Crippen LogP contribution in [0.3, 0.4) is 0 Å². The lowest BCUT2D eigenvalue weighted by molar-refractivity contribution is 0.0270. The quantitative estimate of drug-likeness (QED) is 0.203. The van der Waals surface area contributed by atoms with Crippen LogP contribution in [0.1, 0.15) is 46.2 Å². The lowest BCUT2D eigenvalue weighted by Crippen LogP contribution is -2.23. The van der Waals surface area contributed by atoms with Gasteiger partial charge in [-0.05, 0) is 71.7 Å². The van der Waals surface area contributed by atoms with Gasteiger partial charge in [0.1, 0.15) is 49.4 Å². The van der Waals surface area contributed by atoms with Gasteiger partial charge in [0.25, 0.3) is 0 Å². The summed E-state index contributed by atoms with van der Waals surface area (Å²) in [5.74, 6) is 3.72. The van der Waals surface area contributed by atoms with E-state index in [1.807, 2.05) is 0 Å². The van der Waals surface area contributed by atoms with Gasteiger partial charge >= 0.3 is 0 Å². The fraction of sp³-hybridized carbons (Fsp3) is 0.579. The standard InChI is InChI=1S/C38H54N2O8S4/c1-3-9-39-27-35-31(5-23-49-35)45-19-15-41-11-13-43-17-21-47-33-7-25-51-37(33)29-40(10-4-2)30-38-34(8-26-52-38)48-22-18-44-14-12-42-16-20-46-32-6-24-50-36(32)28-39/h5-8,23-26H,3-4,9-22,27-30H2,1-2H3. The van der Waals surface area contributed by atoms with Crippen LogP contribution in [0.2, 0.25) is 0 Å². The van der Waals surface area contributed by atoms with Crippen molar-refractivity contribution in [3.63, 3.8) is 0 Å². The average molecular weight is 795 g/mol. The van der Waals surface area contributed by atoms with E-state index in [1.165, 1.54) is 19.5 Å². The molecule has 0 N–H and O–H groups in total. The van der Waals surface area contributed by atoms with Gasteiger partial charge in [0.2, 0.25) is 0 Å². The minimum atomic E-state index is 0.495. The van der Waals surface area contributed by atoms with E-state index < -0.39 is 0 Å². The number of ether oxygens (including phenoxy) is 8. The van der Waals surface area contributed by atoms with Crippen molar-refractivity contribution in [2.45, 2.75) is 52.9 Å². The molecule has 0 aromatic carbocycles. The van der Waals surface area contributed by atoms with Crippen molar-refractivity contribution >= 4 is 45.3 Å². The fourth-order valence-corrected chi connectivity index (χ4v) is 9.07. The third kappa shape index (κ3) is 14.2. The van der Waals surface area contributed by atoms with Gasteiger partial charge < -0.3 is 37.9 Å². The lowest BCUT2D eigenvalue weighted by Gasteiger charge is -2.22. The Labute approximate surface area is 325 Å². The number of thiophene rings is 4. The molecular formula is C38H54N2O8S4. The molecule has 0 fully saturated rings. The van der Waals surface area contributed by atoms with Gasteiger partial charge in [-0.2, -0.15) is 0 Å². The average Bonchev–Trinajstić information content (AvgIpc) is 3.97. The van der Waals surface area contributed by atoms with Gasteiger partial charge in [0.15, 0.2) is 0 Å². The van der Waals surface area contributed by atoms with Gasteiger partial charge in [-0.15, -0.1) is 45.3 Å². The van der Waals surface area contributed by atoms with E-state index in [0.717, 1.165) is 75.1 Å². The topological polar surface area (TPSA) is 80.3 Å². The summed E-state index contributed by atoms with van der Waals surface area (Å²) in [6.45, 7) is 15.7. The van der Waals surface area contributed by atoms with Crippen LogP contribution in [-0.2, 0) is 45.1 Å². The molecule has 0 saturated heterocycles. The van der Waals surface area contributed by atoms with E-state index in [9.17, 15) is 0 Å². The normalized spacial score (nSPS) is 18.2. The maximum absolute atomic E-state index is 6.14.